The van der Waals surface area contributed by atoms with Gasteiger partial charge in [-0.3, -0.25) is 9.89 Å². The third-order valence-electron chi connectivity index (χ3n) is 2.77. The Bertz CT molecular complexity index is 539. The predicted octanol–water partition coefficient (Wildman–Crippen LogP) is 0.645. The third-order valence-corrected chi connectivity index (χ3v) is 4.73. The summed E-state index contributed by atoms with van der Waals surface area (Å²) in [5.41, 5.74) is 0.472. The number of sulfonamides is 1. The lowest BCUT2D eigenvalue weighted by molar-refractivity contribution is -0.121. The molecule has 0 aromatic carbocycles. The first kappa shape index (κ1) is 16.6. The van der Waals surface area contributed by atoms with Crippen molar-refractivity contribution in [1.82, 2.24) is 19.8 Å². The summed E-state index contributed by atoms with van der Waals surface area (Å²) in [6.45, 7) is 6.13. The SMILES string of the molecule is CCCNC(=O)CN(CCC)S(=O)(=O)c1cn[nH]c1C. The lowest BCUT2D eigenvalue weighted by Gasteiger charge is -2.20. The molecule has 1 aromatic rings. The van der Waals surface area contributed by atoms with Crippen molar-refractivity contribution in [2.75, 3.05) is 19.6 Å². The van der Waals surface area contributed by atoms with Gasteiger partial charge in [-0.05, 0) is 19.8 Å². The van der Waals surface area contributed by atoms with Crippen molar-refractivity contribution in [3.05, 3.63) is 11.9 Å². The summed E-state index contributed by atoms with van der Waals surface area (Å²) in [5, 5.41) is 9.02. The van der Waals surface area contributed by atoms with E-state index in [2.05, 4.69) is 15.5 Å². The van der Waals surface area contributed by atoms with Crippen LogP contribution in [-0.4, -0.2) is 48.5 Å². The zero-order valence-corrected chi connectivity index (χ0v) is 13.0. The summed E-state index contributed by atoms with van der Waals surface area (Å²) in [6, 6.07) is 0. The second-order valence-electron chi connectivity index (χ2n) is 4.55. The zero-order chi connectivity index (χ0) is 15.2. The molecule has 8 heteroatoms. The molecule has 0 saturated carbocycles. The molecule has 1 heterocycles. The molecule has 114 valence electrons. The maximum absolute atomic E-state index is 12.5. The number of rotatable bonds is 8. The van der Waals surface area contributed by atoms with Gasteiger partial charge in [0.1, 0.15) is 4.90 Å². The van der Waals surface area contributed by atoms with Crippen LogP contribution in [0.3, 0.4) is 0 Å². The van der Waals surface area contributed by atoms with Crippen LogP contribution in [0.4, 0.5) is 0 Å². The molecule has 0 bridgehead atoms. The summed E-state index contributed by atoms with van der Waals surface area (Å²) < 4.78 is 26.2. The van der Waals surface area contributed by atoms with Gasteiger partial charge in [-0.1, -0.05) is 13.8 Å². The fraction of sp³-hybridized carbons (Fsp3) is 0.667. The molecule has 0 fully saturated rings. The average molecular weight is 302 g/mol. The van der Waals surface area contributed by atoms with Gasteiger partial charge >= 0.3 is 0 Å². The van der Waals surface area contributed by atoms with Gasteiger partial charge in [-0.2, -0.15) is 9.40 Å². The van der Waals surface area contributed by atoms with E-state index in [0.29, 0.717) is 25.2 Å². The van der Waals surface area contributed by atoms with Gasteiger partial charge in [0, 0.05) is 13.1 Å². The molecular formula is C12H22N4O3S. The van der Waals surface area contributed by atoms with E-state index in [1.165, 1.54) is 10.5 Å². The maximum atomic E-state index is 12.5. The van der Waals surface area contributed by atoms with Crippen LogP contribution < -0.4 is 5.32 Å². The minimum Gasteiger partial charge on any atom is -0.355 e. The van der Waals surface area contributed by atoms with Crippen LogP contribution in [-0.2, 0) is 14.8 Å². The van der Waals surface area contributed by atoms with E-state index in [-0.39, 0.29) is 17.3 Å². The smallest absolute Gasteiger partial charge is 0.246 e. The number of nitrogens with one attached hydrogen (secondary N) is 2. The Morgan fingerprint density at radius 2 is 2.10 bits per heavy atom. The second-order valence-corrected chi connectivity index (χ2v) is 6.45. The van der Waals surface area contributed by atoms with Crippen LogP contribution in [0.2, 0.25) is 0 Å². The van der Waals surface area contributed by atoms with E-state index >= 15 is 0 Å². The van der Waals surface area contributed by atoms with Crippen molar-refractivity contribution in [1.29, 1.82) is 0 Å². The Morgan fingerprint density at radius 3 is 2.60 bits per heavy atom. The van der Waals surface area contributed by atoms with E-state index in [1.807, 2.05) is 13.8 Å². The number of carbonyl (C=O) groups is 1. The minimum absolute atomic E-state index is 0.120. The van der Waals surface area contributed by atoms with Crippen LogP contribution in [0.5, 0.6) is 0 Å². The Labute approximate surface area is 119 Å². The second kappa shape index (κ2) is 7.39. The molecule has 0 atom stereocenters. The molecule has 0 aliphatic heterocycles. The van der Waals surface area contributed by atoms with Gasteiger partial charge in [0.05, 0.1) is 18.4 Å². The van der Waals surface area contributed by atoms with Crippen LogP contribution in [0.25, 0.3) is 0 Å². The fourth-order valence-corrected chi connectivity index (χ4v) is 3.36. The van der Waals surface area contributed by atoms with Gasteiger partial charge in [-0.25, -0.2) is 8.42 Å². The zero-order valence-electron chi connectivity index (χ0n) is 12.1. The van der Waals surface area contributed by atoms with Crippen molar-refractivity contribution in [3.8, 4) is 0 Å². The highest BCUT2D eigenvalue weighted by atomic mass is 32.2. The summed E-state index contributed by atoms with van der Waals surface area (Å²) in [5.74, 6) is -0.287. The Balaban J connectivity index is 2.90. The molecule has 2 N–H and O–H groups in total. The molecule has 1 amide bonds. The molecule has 20 heavy (non-hydrogen) atoms. The van der Waals surface area contributed by atoms with Crippen LogP contribution in [0.1, 0.15) is 32.4 Å². The van der Waals surface area contributed by atoms with Gasteiger partial charge in [0.25, 0.3) is 0 Å². The van der Waals surface area contributed by atoms with Crippen LogP contribution in [0.15, 0.2) is 11.1 Å². The molecule has 0 unspecified atom stereocenters. The lowest BCUT2D eigenvalue weighted by atomic mass is 10.4. The standard InChI is InChI=1S/C12H22N4O3S/c1-4-6-13-12(17)9-16(7-5-2)20(18,19)11-8-14-15-10(11)3/h8H,4-7,9H2,1-3H3,(H,13,17)(H,14,15). The number of H-pyrrole nitrogens is 1. The molecule has 0 saturated heterocycles. The highest BCUT2D eigenvalue weighted by Crippen LogP contribution is 2.17. The van der Waals surface area contributed by atoms with Gasteiger partial charge in [-0.15, -0.1) is 0 Å². The quantitative estimate of drug-likeness (QED) is 0.737. The number of hydrogen-bond donors (Lipinski definition) is 2. The highest BCUT2D eigenvalue weighted by Gasteiger charge is 2.28. The first-order chi connectivity index (χ1) is 9.43. The number of nitrogens with zero attached hydrogens (tertiary/aromatic N) is 2. The van der Waals surface area contributed by atoms with Crippen LogP contribution in [0, 0.1) is 6.92 Å². The summed E-state index contributed by atoms with van der Waals surface area (Å²) in [7, 11) is -3.69. The van der Waals surface area contributed by atoms with E-state index in [4.69, 9.17) is 0 Å². The summed E-state index contributed by atoms with van der Waals surface area (Å²) in [4.78, 5) is 11.9. The third kappa shape index (κ3) is 4.04. The van der Waals surface area contributed by atoms with Crippen molar-refractivity contribution in [2.24, 2.45) is 0 Å². The minimum atomic E-state index is -3.69. The number of aromatic nitrogens is 2. The van der Waals surface area contributed by atoms with Gasteiger partial charge in [0.15, 0.2) is 0 Å². The fourth-order valence-electron chi connectivity index (χ4n) is 1.75. The van der Waals surface area contributed by atoms with Crippen molar-refractivity contribution < 1.29 is 13.2 Å². The first-order valence-corrected chi connectivity index (χ1v) is 8.14. The van der Waals surface area contributed by atoms with Crippen LogP contribution >= 0.6 is 0 Å². The average Bonchev–Trinajstić information content (AvgIpc) is 2.82. The van der Waals surface area contributed by atoms with E-state index in [0.717, 1.165) is 6.42 Å². The van der Waals surface area contributed by atoms with Gasteiger partial charge in [0.2, 0.25) is 15.9 Å². The largest absolute Gasteiger partial charge is 0.355 e. The molecule has 1 aromatic heterocycles. The Kier molecular flexibility index (Phi) is 6.15. The number of aryl methyl sites for hydroxylation is 1. The topological polar surface area (TPSA) is 95.2 Å². The normalized spacial score (nSPS) is 11.8. The number of hydrogen-bond acceptors (Lipinski definition) is 4. The highest BCUT2D eigenvalue weighted by molar-refractivity contribution is 7.89. The monoisotopic (exact) mass is 302 g/mol. The number of carbonyl (C=O) groups excluding carboxylic acids is 1. The van der Waals surface area contributed by atoms with Crippen molar-refractivity contribution in [2.45, 2.75) is 38.5 Å². The van der Waals surface area contributed by atoms with Crippen molar-refractivity contribution in [3.63, 3.8) is 0 Å². The Hall–Kier alpha value is -1.41. The number of aromatic amines is 1. The molecule has 0 aliphatic carbocycles. The lowest BCUT2D eigenvalue weighted by Crippen LogP contribution is -2.41. The van der Waals surface area contributed by atoms with E-state index < -0.39 is 10.0 Å². The molecular weight excluding hydrogens is 280 g/mol. The molecule has 0 radical (unpaired) electrons. The predicted molar refractivity (Wildman–Crippen MR) is 75.7 cm³/mol. The summed E-state index contributed by atoms with van der Waals surface area (Å²) in [6.07, 6.45) is 2.72. The molecule has 7 nitrogen and oxygen atoms in total. The maximum Gasteiger partial charge on any atom is 0.246 e. The van der Waals surface area contributed by atoms with E-state index in [9.17, 15) is 13.2 Å². The van der Waals surface area contributed by atoms with Crippen molar-refractivity contribution >= 4 is 15.9 Å². The summed E-state index contributed by atoms with van der Waals surface area (Å²) >= 11 is 0. The molecule has 0 spiro atoms. The molecule has 0 aliphatic rings. The molecule has 1 rings (SSSR count). The Morgan fingerprint density at radius 1 is 1.40 bits per heavy atom. The number of amides is 1. The van der Waals surface area contributed by atoms with E-state index in [1.54, 1.807) is 6.92 Å². The van der Waals surface area contributed by atoms with Gasteiger partial charge < -0.3 is 5.32 Å². The first-order valence-electron chi connectivity index (χ1n) is 6.70.